The van der Waals surface area contributed by atoms with Crippen LogP contribution in [0.2, 0.25) is 0 Å². The number of rotatable bonds is 2. The average molecular weight is 337 g/mol. The van der Waals surface area contributed by atoms with Gasteiger partial charge in [0.25, 0.3) is 0 Å². The minimum absolute atomic E-state index is 0.186. The largest absolute Gasteiger partial charge is 0.419 e. The maximum atomic E-state index is 12.9. The number of fused-ring (bicyclic) bond motifs is 2. The standard InChI is InChI=1S/C15H19N3O4S/c1-16-13-5-4-12(9-14(13)22-15(16)19)23(20,21)18-8-7-17-6-2-3-11(17)10-18/h4-5,9,11H,2-3,6-8,10H2,1H3. The fourth-order valence-electron chi connectivity index (χ4n) is 3.60. The Hall–Kier alpha value is -1.64. The Morgan fingerprint density at radius 2 is 2.04 bits per heavy atom. The summed E-state index contributed by atoms with van der Waals surface area (Å²) in [4.78, 5) is 14.1. The van der Waals surface area contributed by atoms with E-state index in [1.54, 1.807) is 23.5 Å². The number of nitrogens with zero attached hydrogens (tertiary/aromatic N) is 3. The van der Waals surface area contributed by atoms with Crippen LogP contribution in [0.15, 0.2) is 32.3 Å². The molecule has 23 heavy (non-hydrogen) atoms. The lowest BCUT2D eigenvalue weighted by atomic mass is 10.2. The quantitative estimate of drug-likeness (QED) is 0.802. The first-order valence-corrected chi connectivity index (χ1v) is 9.24. The molecule has 2 saturated heterocycles. The van der Waals surface area contributed by atoms with E-state index in [0.717, 1.165) is 25.9 Å². The second kappa shape index (κ2) is 5.19. The second-order valence-electron chi connectivity index (χ2n) is 6.25. The zero-order chi connectivity index (χ0) is 16.2. The molecule has 0 amide bonds. The van der Waals surface area contributed by atoms with Crippen molar-refractivity contribution >= 4 is 21.1 Å². The molecule has 0 bridgehead atoms. The van der Waals surface area contributed by atoms with Gasteiger partial charge in [0.05, 0.1) is 10.4 Å². The number of piperazine rings is 1. The minimum atomic E-state index is -3.56. The first-order valence-electron chi connectivity index (χ1n) is 7.80. The number of oxazole rings is 1. The van der Waals surface area contributed by atoms with Gasteiger partial charge >= 0.3 is 5.76 Å². The summed E-state index contributed by atoms with van der Waals surface area (Å²) in [5, 5.41) is 0. The Bertz CT molecular complexity index is 914. The minimum Gasteiger partial charge on any atom is -0.408 e. The second-order valence-corrected chi connectivity index (χ2v) is 8.19. The van der Waals surface area contributed by atoms with Crippen LogP contribution >= 0.6 is 0 Å². The lowest BCUT2D eigenvalue weighted by Gasteiger charge is -2.36. The summed E-state index contributed by atoms with van der Waals surface area (Å²) in [6.45, 7) is 2.90. The van der Waals surface area contributed by atoms with E-state index < -0.39 is 15.8 Å². The smallest absolute Gasteiger partial charge is 0.408 e. The first-order chi connectivity index (χ1) is 11.0. The van der Waals surface area contributed by atoms with E-state index >= 15 is 0 Å². The van der Waals surface area contributed by atoms with Gasteiger partial charge < -0.3 is 4.42 Å². The molecule has 2 aliphatic heterocycles. The van der Waals surface area contributed by atoms with Crippen molar-refractivity contribution in [2.75, 3.05) is 26.2 Å². The molecule has 0 N–H and O–H groups in total. The van der Waals surface area contributed by atoms with Crippen LogP contribution in [0.3, 0.4) is 0 Å². The van der Waals surface area contributed by atoms with E-state index in [2.05, 4.69) is 4.90 Å². The normalized spacial score (nSPS) is 23.4. The molecule has 8 heteroatoms. The Labute approximate surface area is 134 Å². The highest BCUT2D eigenvalue weighted by Crippen LogP contribution is 2.27. The lowest BCUT2D eigenvalue weighted by molar-refractivity contribution is 0.158. The van der Waals surface area contributed by atoms with E-state index in [9.17, 15) is 13.2 Å². The van der Waals surface area contributed by atoms with Crippen LogP contribution in [0, 0.1) is 0 Å². The molecule has 2 aromatic rings. The van der Waals surface area contributed by atoms with Crippen molar-refractivity contribution in [3.05, 3.63) is 28.7 Å². The first kappa shape index (κ1) is 14.9. The van der Waals surface area contributed by atoms with Crippen molar-refractivity contribution in [3.8, 4) is 0 Å². The number of benzene rings is 1. The SMILES string of the molecule is Cn1c(=O)oc2cc(S(=O)(=O)N3CCN4CCCC4C3)ccc21. The summed E-state index contributed by atoms with van der Waals surface area (Å²) < 4.78 is 33.8. The van der Waals surface area contributed by atoms with E-state index in [1.807, 2.05) is 0 Å². The van der Waals surface area contributed by atoms with Gasteiger partial charge in [0.15, 0.2) is 5.58 Å². The predicted octanol–water partition coefficient (Wildman–Crippen LogP) is 0.600. The third-order valence-electron chi connectivity index (χ3n) is 4.95. The van der Waals surface area contributed by atoms with Crippen molar-refractivity contribution in [3.63, 3.8) is 0 Å². The van der Waals surface area contributed by atoms with Crippen molar-refractivity contribution in [2.45, 2.75) is 23.8 Å². The monoisotopic (exact) mass is 337 g/mol. The maximum absolute atomic E-state index is 12.9. The molecular formula is C15H19N3O4S. The molecule has 0 aliphatic carbocycles. The van der Waals surface area contributed by atoms with Crippen LogP contribution in [0.1, 0.15) is 12.8 Å². The van der Waals surface area contributed by atoms with Gasteiger partial charge in [-0.15, -0.1) is 0 Å². The number of hydrogen-bond donors (Lipinski definition) is 0. The van der Waals surface area contributed by atoms with Crippen molar-refractivity contribution < 1.29 is 12.8 Å². The highest BCUT2D eigenvalue weighted by molar-refractivity contribution is 7.89. The van der Waals surface area contributed by atoms with Crippen LogP contribution in [-0.2, 0) is 17.1 Å². The number of aromatic nitrogens is 1. The molecule has 4 rings (SSSR count). The summed E-state index contributed by atoms with van der Waals surface area (Å²) in [6, 6.07) is 4.96. The molecule has 0 saturated carbocycles. The maximum Gasteiger partial charge on any atom is 0.419 e. The van der Waals surface area contributed by atoms with E-state index in [4.69, 9.17) is 4.42 Å². The molecule has 1 atom stereocenters. The zero-order valence-corrected chi connectivity index (χ0v) is 13.8. The highest BCUT2D eigenvalue weighted by Gasteiger charge is 2.36. The predicted molar refractivity (Wildman–Crippen MR) is 84.8 cm³/mol. The van der Waals surface area contributed by atoms with Crippen molar-refractivity contribution in [1.29, 1.82) is 0 Å². The van der Waals surface area contributed by atoms with Crippen LogP contribution in [0.5, 0.6) is 0 Å². The number of hydrogen-bond acceptors (Lipinski definition) is 5. The summed E-state index contributed by atoms with van der Waals surface area (Å²) >= 11 is 0. The van der Waals surface area contributed by atoms with Gasteiger partial charge in [-0.1, -0.05) is 0 Å². The van der Waals surface area contributed by atoms with E-state index in [0.29, 0.717) is 30.2 Å². The summed E-state index contributed by atoms with van der Waals surface area (Å²) in [5.74, 6) is -0.492. The molecule has 0 spiro atoms. The third-order valence-corrected chi connectivity index (χ3v) is 6.81. The van der Waals surface area contributed by atoms with E-state index in [1.165, 1.54) is 10.6 Å². The summed E-state index contributed by atoms with van der Waals surface area (Å²) in [6.07, 6.45) is 2.19. The van der Waals surface area contributed by atoms with E-state index in [-0.39, 0.29) is 4.90 Å². The molecule has 2 aliphatic rings. The fraction of sp³-hybridized carbons (Fsp3) is 0.533. The average Bonchev–Trinajstić information content (AvgIpc) is 3.11. The van der Waals surface area contributed by atoms with Crippen molar-refractivity contribution in [1.82, 2.24) is 13.8 Å². The van der Waals surface area contributed by atoms with Gasteiger partial charge in [-0.2, -0.15) is 4.31 Å². The molecule has 3 heterocycles. The van der Waals surface area contributed by atoms with Crippen molar-refractivity contribution in [2.24, 2.45) is 7.05 Å². The fourth-order valence-corrected chi connectivity index (χ4v) is 5.09. The molecule has 1 aromatic heterocycles. The Morgan fingerprint density at radius 3 is 2.87 bits per heavy atom. The van der Waals surface area contributed by atoms with Crippen LogP contribution in [0.4, 0.5) is 0 Å². The number of aryl methyl sites for hydroxylation is 1. The van der Waals surface area contributed by atoms with Gasteiger partial charge in [0.1, 0.15) is 0 Å². The highest BCUT2D eigenvalue weighted by atomic mass is 32.2. The molecular weight excluding hydrogens is 318 g/mol. The number of sulfonamides is 1. The topological polar surface area (TPSA) is 75.8 Å². The van der Waals surface area contributed by atoms with Gasteiger partial charge in [0, 0.05) is 38.8 Å². The van der Waals surface area contributed by atoms with Crippen LogP contribution in [0.25, 0.3) is 11.1 Å². The van der Waals surface area contributed by atoms with Crippen LogP contribution in [-0.4, -0.2) is 54.4 Å². The van der Waals surface area contributed by atoms with Gasteiger partial charge in [-0.05, 0) is 31.5 Å². The molecule has 1 unspecified atom stereocenters. The van der Waals surface area contributed by atoms with Gasteiger partial charge in [-0.3, -0.25) is 9.47 Å². The molecule has 124 valence electrons. The van der Waals surface area contributed by atoms with Crippen LogP contribution < -0.4 is 5.76 Å². The summed E-state index contributed by atoms with van der Waals surface area (Å²) in [5.41, 5.74) is 0.896. The third kappa shape index (κ3) is 2.32. The Morgan fingerprint density at radius 1 is 1.22 bits per heavy atom. The zero-order valence-electron chi connectivity index (χ0n) is 12.9. The molecule has 1 aromatic carbocycles. The lowest BCUT2D eigenvalue weighted by Crippen LogP contribution is -2.51. The molecule has 0 radical (unpaired) electrons. The summed E-state index contributed by atoms with van der Waals surface area (Å²) in [7, 11) is -1.96. The van der Waals surface area contributed by atoms with Gasteiger partial charge in [-0.25, -0.2) is 13.2 Å². The molecule has 7 nitrogen and oxygen atoms in total. The Kier molecular flexibility index (Phi) is 3.36. The van der Waals surface area contributed by atoms with Gasteiger partial charge in [0.2, 0.25) is 10.0 Å². The molecule has 2 fully saturated rings. The Balaban J connectivity index is 1.69.